The Morgan fingerprint density at radius 1 is 1.71 bits per heavy atom. The van der Waals surface area contributed by atoms with Crippen molar-refractivity contribution in [3.8, 4) is 0 Å². The van der Waals surface area contributed by atoms with E-state index in [1.807, 2.05) is 7.05 Å². The van der Waals surface area contributed by atoms with Gasteiger partial charge in [-0.25, -0.2) is 4.39 Å². The van der Waals surface area contributed by atoms with Gasteiger partial charge in [0.05, 0.1) is 6.20 Å². The molecule has 2 heterocycles. The highest BCUT2D eigenvalue weighted by molar-refractivity contribution is 5.17. The van der Waals surface area contributed by atoms with Crippen LogP contribution >= 0.6 is 0 Å². The van der Waals surface area contributed by atoms with Gasteiger partial charge in [0.15, 0.2) is 5.67 Å². The molecule has 0 amide bonds. The summed E-state index contributed by atoms with van der Waals surface area (Å²) in [5, 5.41) is 7.17. The molecule has 2 rings (SSSR count). The fourth-order valence-corrected chi connectivity index (χ4v) is 1.87. The predicted molar refractivity (Wildman–Crippen MR) is 52.7 cm³/mol. The maximum atomic E-state index is 14.4. The molecule has 78 valence electrons. The SMILES string of the molecule is CC1CCC(F)(c2cnn(C)c2)CN1. The van der Waals surface area contributed by atoms with Gasteiger partial charge in [0.1, 0.15) is 0 Å². The Hall–Kier alpha value is -0.900. The molecule has 1 aliphatic heterocycles. The van der Waals surface area contributed by atoms with Crippen LogP contribution in [0.2, 0.25) is 0 Å². The molecule has 1 aromatic rings. The zero-order valence-electron chi connectivity index (χ0n) is 8.63. The number of hydrogen-bond donors (Lipinski definition) is 1. The van der Waals surface area contributed by atoms with E-state index in [9.17, 15) is 4.39 Å². The fourth-order valence-electron chi connectivity index (χ4n) is 1.87. The van der Waals surface area contributed by atoms with Crippen LogP contribution in [0.3, 0.4) is 0 Å². The van der Waals surface area contributed by atoms with Crippen LogP contribution < -0.4 is 5.32 Å². The van der Waals surface area contributed by atoms with E-state index >= 15 is 0 Å². The van der Waals surface area contributed by atoms with Crippen molar-refractivity contribution in [3.63, 3.8) is 0 Å². The van der Waals surface area contributed by atoms with Crippen LogP contribution in [0.25, 0.3) is 0 Å². The number of alkyl halides is 1. The van der Waals surface area contributed by atoms with Crippen LogP contribution in [-0.4, -0.2) is 22.4 Å². The van der Waals surface area contributed by atoms with E-state index in [1.165, 1.54) is 0 Å². The normalized spacial score (nSPS) is 33.2. The van der Waals surface area contributed by atoms with Gasteiger partial charge in [0.2, 0.25) is 0 Å². The highest BCUT2D eigenvalue weighted by Gasteiger charge is 2.36. The van der Waals surface area contributed by atoms with Crippen LogP contribution in [-0.2, 0) is 12.7 Å². The van der Waals surface area contributed by atoms with Crippen molar-refractivity contribution in [1.29, 1.82) is 0 Å². The summed E-state index contributed by atoms with van der Waals surface area (Å²) in [6, 6.07) is 0.426. The van der Waals surface area contributed by atoms with Gasteiger partial charge in [-0.3, -0.25) is 4.68 Å². The lowest BCUT2D eigenvalue weighted by Gasteiger charge is -2.32. The van der Waals surface area contributed by atoms with E-state index in [0.717, 1.165) is 6.42 Å². The lowest BCUT2D eigenvalue weighted by molar-refractivity contribution is 0.106. The van der Waals surface area contributed by atoms with Crippen LogP contribution in [0.15, 0.2) is 12.4 Å². The summed E-state index contributed by atoms with van der Waals surface area (Å²) in [6.07, 6.45) is 4.85. The summed E-state index contributed by atoms with van der Waals surface area (Å²) >= 11 is 0. The molecule has 0 aliphatic carbocycles. The average Bonchev–Trinajstić information content (AvgIpc) is 2.58. The van der Waals surface area contributed by atoms with Crippen molar-refractivity contribution in [2.75, 3.05) is 6.54 Å². The van der Waals surface area contributed by atoms with Crippen LogP contribution in [0.4, 0.5) is 4.39 Å². The van der Waals surface area contributed by atoms with Crippen molar-refractivity contribution >= 4 is 0 Å². The Balaban J connectivity index is 2.16. The van der Waals surface area contributed by atoms with Crippen LogP contribution in [0.1, 0.15) is 25.3 Å². The first-order chi connectivity index (χ1) is 6.60. The largest absolute Gasteiger partial charge is 0.311 e. The first-order valence-electron chi connectivity index (χ1n) is 5.01. The van der Waals surface area contributed by atoms with E-state index in [1.54, 1.807) is 17.1 Å². The number of nitrogens with one attached hydrogen (secondary N) is 1. The summed E-state index contributed by atoms with van der Waals surface area (Å²) in [5.74, 6) is 0. The first kappa shape index (κ1) is 9.65. The maximum Gasteiger partial charge on any atom is 0.151 e. The zero-order chi connectivity index (χ0) is 10.2. The van der Waals surface area contributed by atoms with Gasteiger partial charge in [0.25, 0.3) is 0 Å². The smallest absolute Gasteiger partial charge is 0.151 e. The van der Waals surface area contributed by atoms with E-state index in [0.29, 0.717) is 24.6 Å². The van der Waals surface area contributed by atoms with E-state index in [4.69, 9.17) is 0 Å². The standard InChI is InChI=1S/C10H16FN3/c1-8-3-4-10(11,7-12-8)9-5-13-14(2)6-9/h5-6,8,12H,3-4,7H2,1-2H3. The van der Waals surface area contributed by atoms with Gasteiger partial charge in [-0.2, -0.15) is 5.10 Å². The van der Waals surface area contributed by atoms with Crippen LogP contribution in [0, 0.1) is 0 Å². The molecule has 1 saturated heterocycles. The fraction of sp³-hybridized carbons (Fsp3) is 0.700. The summed E-state index contributed by atoms with van der Waals surface area (Å²) in [5.41, 5.74) is -0.528. The molecule has 0 radical (unpaired) electrons. The summed E-state index contributed by atoms with van der Waals surface area (Å²) in [4.78, 5) is 0. The molecule has 0 aromatic carbocycles. The van der Waals surface area contributed by atoms with Crippen molar-refractivity contribution in [3.05, 3.63) is 18.0 Å². The maximum absolute atomic E-state index is 14.4. The van der Waals surface area contributed by atoms with Gasteiger partial charge in [-0.15, -0.1) is 0 Å². The van der Waals surface area contributed by atoms with Crippen molar-refractivity contribution < 1.29 is 4.39 Å². The first-order valence-corrected chi connectivity index (χ1v) is 5.01. The molecule has 2 unspecified atom stereocenters. The number of nitrogens with zero attached hydrogens (tertiary/aromatic N) is 2. The van der Waals surface area contributed by atoms with Gasteiger partial charge >= 0.3 is 0 Å². The average molecular weight is 197 g/mol. The number of aryl methyl sites for hydroxylation is 1. The highest BCUT2D eigenvalue weighted by Crippen LogP contribution is 2.33. The van der Waals surface area contributed by atoms with Gasteiger partial charge < -0.3 is 5.32 Å². The molecular formula is C10H16FN3. The Bertz CT molecular complexity index is 313. The van der Waals surface area contributed by atoms with Crippen LogP contribution in [0.5, 0.6) is 0 Å². The second-order valence-electron chi connectivity index (χ2n) is 4.19. The Labute approximate surface area is 83.3 Å². The number of halogens is 1. The third-order valence-corrected chi connectivity index (χ3v) is 2.93. The molecule has 14 heavy (non-hydrogen) atoms. The van der Waals surface area contributed by atoms with Gasteiger partial charge in [-0.05, 0) is 19.8 Å². The second-order valence-corrected chi connectivity index (χ2v) is 4.19. The lowest BCUT2D eigenvalue weighted by atomic mass is 9.88. The summed E-state index contributed by atoms with van der Waals surface area (Å²) in [7, 11) is 1.81. The number of rotatable bonds is 1. The zero-order valence-corrected chi connectivity index (χ0v) is 8.63. The predicted octanol–water partition coefficient (Wildman–Crippen LogP) is 1.36. The number of piperidine rings is 1. The highest BCUT2D eigenvalue weighted by atomic mass is 19.1. The monoisotopic (exact) mass is 197 g/mol. The molecule has 1 N–H and O–H groups in total. The van der Waals surface area contributed by atoms with E-state index in [-0.39, 0.29) is 0 Å². The van der Waals surface area contributed by atoms with Crippen molar-refractivity contribution in [2.45, 2.75) is 31.5 Å². The number of aromatic nitrogens is 2. The third-order valence-electron chi connectivity index (χ3n) is 2.93. The second kappa shape index (κ2) is 3.35. The minimum atomic E-state index is -1.22. The molecule has 3 nitrogen and oxygen atoms in total. The van der Waals surface area contributed by atoms with Gasteiger partial charge in [-0.1, -0.05) is 0 Å². The summed E-state index contributed by atoms with van der Waals surface area (Å²) in [6.45, 7) is 2.49. The van der Waals surface area contributed by atoms with Crippen molar-refractivity contribution in [2.24, 2.45) is 7.05 Å². The minimum Gasteiger partial charge on any atom is -0.311 e. The molecular weight excluding hydrogens is 181 g/mol. The van der Waals surface area contributed by atoms with E-state index < -0.39 is 5.67 Å². The topological polar surface area (TPSA) is 29.9 Å². The third kappa shape index (κ3) is 1.66. The molecule has 1 fully saturated rings. The minimum absolute atomic E-state index is 0.403. The Morgan fingerprint density at radius 2 is 2.50 bits per heavy atom. The quantitative estimate of drug-likeness (QED) is 0.736. The molecule has 0 spiro atoms. The Kier molecular flexibility index (Phi) is 2.31. The van der Waals surface area contributed by atoms with Gasteiger partial charge in [0, 0.05) is 31.4 Å². The molecule has 4 heteroatoms. The van der Waals surface area contributed by atoms with Crippen molar-refractivity contribution in [1.82, 2.24) is 15.1 Å². The Morgan fingerprint density at radius 3 is 3.00 bits per heavy atom. The molecule has 2 atom stereocenters. The molecule has 1 aromatic heterocycles. The molecule has 0 saturated carbocycles. The van der Waals surface area contributed by atoms with E-state index in [2.05, 4.69) is 17.3 Å². The number of hydrogen-bond acceptors (Lipinski definition) is 2. The summed E-state index contributed by atoms with van der Waals surface area (Å²) < 4.78 is 16.0. The molecule has 1 aliphatic rings. The molecule has 0 bridgehead atoms. The lowest BCUT2D eigenvalue weighted by Crippen LogP contribution is -2.44.